The van der Waals surface area contributed by atoms with Crippen LogP contribution >= 0.6 is 24.4 Å². The number of carbonyl (C=O) groups is 2. The largest absolute Gasteiger partial charge is 0.360 e. The van der Waals surface area contributed by atoms with E-state index >= 15 is 0 Å². The Hall–Kier alpha value is -1.28. The van der Waals surface area contributed by atoms with Crippen molar-refractivity contribution in [3.05, 3.63) is 0 Å². The van der Waals surface area contributed by atoms with Crippen molar-refractivity contribution in [2.75, 3.05) is 6.54 Å². The summed E-state index contributed by atoms with van der Waals surface area (Å²) in [5.74, 6) is 0.231. The van der Waals surface area contributed by atoms with Crippen molar-refractivity contribution < 1.29 is 9.59 Å². The van der Waals surface area contributed by atoms with E-state index in [1.807, 2.05) is 6.92 Å². The Balaban J connectivity index is 1.58. The number of hydrogen-bond donors (Lipinski definition) is 4. The van der Waals surface area contributed by atoms with E-state index in [0.29, 0.717) is 16.8 Å². The topological polar surface area (TPSA) is 82.3 Å². The molecule has 0 bridgehead atoms. The molecule has 4 N–H and O–H groups in total. The van der Waals surface area contributed by atoms with Gasteiger partial charge in [0.2, 0.25) is 11.8 Å². The fourth-order valence-electron chi connectivity index (χ4n) is 1.72. The summed E-state index contributed by atoms with van der Waals surface area (Å²) in [5.41, 5.74) is 0. The van der Waals surface area contributed by atoms with E-state index in [9.17, 15) is 9.59 Å². The molecule has 2 amide bonds. The Morgan fingerprint density at radius 3 is 1.95 bits per heavy atom. The quantitative estimate of drug-likeness (QED) is 0.539. The zero-order valence-electron chi connectivity index (χ0n) is 11.9. The Labute approximate surface area is 134 Å². The van der Waals surface area contributed by atoms with Gasteiger partial charge in [-0.3, -0.25) is 9.59 Å². The van der Waals surface area contributed by atoms with Crippen molar-refractivity contribution in [1.82, 2.24) is 21.3 Å². The van der Waals surface area contributed by atoms with Crippen LogP contribution in [0, 0.1) is 11.8 Å². The SMILES string of the molecule is CC(CNC(=S)NC(=O)C1CC1)NC(=S)NC(=O)C1CC1. The minimum atomic E-state index is -0.0206. The maximum atomic E-state index is 11.5. The molecule has 8 heteroatoms. The van der Waals surface area contributed by atoms with E-state index in [2.05, 4.69) is 21.3 Å². The van der Waals surface area contributed by atoms with E-state index < -0.39 is 0 Å². The second-order valence-corrected chi connectivity index (χ2v) is 6.43. The molecule has 116 valence electrons. The molecule has 0 spiro atoms. The molecule has 0 aromatic heterocycles. The Kier molecular flexibility index (Phi) is 5.46. The molecule has 0 radical (unpaired) electrons. The molecule has 1 unspecified atom stereocenters. The molecule has 2 rings (SSSR count). The van der Waals surface area contributed by atoms with Gasteiger partial charge in [0, 0.05) is 24.4 Å². The van der Waals surface area contributed by atoms with Gasteiger partial charge in [0.1, 0.15) is 0 Å². The van der Waals surface area contributed by atoms with Gasteiger partial charge in [-0.05, 0) is 57.0 Å². The van der Waals surface area contributed by atoms with Gasteiger partial charge in [0.15, 0.2) is 10.2 Å². The third-order valence-electron chi connectivity index (χ3n) is 3.32. The number of nitrogens with one attached hydrogen (secondary N) is 4. The highest BCUT2D eigenvalue weighted by Gasteiger charge is 2.30. The molecule has 0 saturated heterocycles. The van der Waals surface area contributed by atoms with Gasteiger partial charge in [0.05, 0.1) is 0 Å². The highest BCUT2D eigenvalue weighted by Crippen LogP contribution is 2.29. The highest BCUT2D eigenvalue weighted by molar-refractivity contribution is 7.80. The molecule has 0 aromatic carbocycles. The van der Waals surface area contributed by atoms with E-state index in [4.69, 9.17) is 24.4 Å². The van der Waals surface area contributed by atoms with Crippen LogP contribution in [0.5, 0.6) is 0 Å². The maximum Gasteiger partial charge on any atom is 0.229 e. The van der Waals surface area contributed by atoms with Crippen molar-refractivity contribution in [3.63, 3.8) is 0 Å². The minimum Gasteiger partial charge on any atom is -0.360 e. The van der Waals surface area contributed by atoms with Crippen LogP contribution in [0.1, 0.15) is 32.6 Å². The first kappa shape index (κ1) is 16.1. The van der Waals surface area contributed by atoms with Crippen molar-refractivity contribution in [2.45, 2.75) is 38.6 Å². The molecule has 0 aromatic rings. The fraction of sp³-hybridized carbons (Fsp3) is 0.692. The predicted molar refractivity (Wildman–Crippen MR) is 87.5 cm³/mol. The highest BCUT2D eigenvalue weighted by atomic mass is 32.1. The predicted octanol–water partition coefficient (Wildman–Crippen LogP) is 0.176. The monoisotopic (exact) mass is 328 g/mol. The summed E-state index contributed by atoms with van der Waals surface area (Å²) in [7, 11) is 0. The summed E-state index contributed by atoms with van der Waals surface area (Å²) >= 11 is 10.1. The van der Waals surface area contributed by atoms with Crippen LogP contribution < -0.4 is 21.3 Å². The second kappa shape index (κ2) is 7.13. The van der Waals surface area contributed by atoms with Crippen LogP contribution in [0.4, 0.5) is 0 Å². The van der Waals surface area contributed by atoms with Crippen LogP contribution in [-0.4, -0.2) is 34.6 Å². The normalized spacial score (nSPS) is 18.3. The lowest BCUT2D eigenvalue weighted by molar-refractivity contribution is -0.121. The fourth-order valence-corrected chi connectivity index (χ4v) is 2.21. The summed E-state index contributed by atoms with van der Waals surface area (Å²) in [4.78, 5) is 23.0. The average molecular weight is 328 g/mol. The minimum absolute atomic E-state index is 0.0136. The van der Waals surface area contributed by atoms with Gasteiger partial charge in [-0.15, -0.1) is 0 Å². The summed E-state index contributed by atoms with van der Waals surface area (Å²) in [5, 5.41) is 11.9. The summed E-state index contributed by atoms with van der Waals surface area (Å²) in [6.07, 6.45) is 3.78. The molecule has 1 atom stereocenters. The molecule has 2 aliphatic carbocycles. The van der Waals surface area contributed by atoms with E-state index in [1.54, 1.807) is 0 Å². The molecule has 2 fully saturated rings. The van der Waals surface area contributed by atoms with Crippen molar-refractivity contribution in [3.8, 4) is 0 Å². The Morgan fingerprint density at radius 2 is 1.48 bits per heavy atom. The van der Waals surface area contributed by atoms with Gasteiger partial charge in [0.25, 0.3) is 0 Å². The van der Waals surface area contributed by atoms with Crippen LogP contribution in [0.15, 0.2) is 0 Å². The van der Waals surface area contributed by atoms with Gasteiger partial charge in [-0.25, -0.2) is 0 Å². The lowest BCUT2D eigenvalue weighted by Crippen LogP contribution is -2.49. The van der Waals surface area contributed by atoms with Crippen LogP contribution in [-0.2, 0) is 9.59 Å². The Morgan fingerprint density at radius 1 is 1.00 bits per heavy atom. The van der Waals surface area contributed by atoms with Crippen molar-refractivity contribution >= 4 is 46.5 Å². The first-order valence-corrected chi connectivity index (χ1v) is 7.97. The second-order valence-electron chi connectivity index (χ2n) is 5.61. The van der Waals surface area contributed by atoms with Crippen LogP contribution in [0.3, 0.4) is 0 Å². The van der Waals surface area contributed by atoms with E-state index in [1.165, 1.54) is 0 Å². The first-order chi connectivity index (χ1) is 9.95. The average Bonchev–Trinajstić information content (AvgIpc) is 3.29. The van der Waals surface area contributed by atoms with Gasteiger partial charge in [-0.1, -0.05) is 0 Å². The maximum absolute atomic E-state index is 11.5. The van der Waals surface area contributed by atoms with Crippen molar-refractivity contribution in [2.24, 2.45) is 11.8 Å². The summed E-state index contributed by atoms with van der Waals surface area (Å²) in [6.45, 7) is 2.41. The third kappa shape index (κ3) is 5.92. The number of thiocarbonyl (C=S) groups is 2. The zero-order valence-corrected chi connectivity index (χ0v) is 13.5. The standard InChI is InChI=1S/C13H20N4O2S2/c1-7(15-13(21)17-11(19)9-4-5-9)6-14-12(20)16-10(18)8-2-3-8/h7-9H,2-6H2,1H3,(H2,14,16,18,20)(H2,15,17,19,21). The molecule has 21 heavy (non-hydrogen) atoms. The smallest absolute Gasteiger partial charge is 0.229 e. The third-order valence-corrected chi connectivity index (χ3v) is 3.78. The van der Waals surface area contributed by atoms with E-state index in [0.717, 1.165) is 25.7 Å². The summed E-state index contributed by atoms with van der Waals surface area (Å²) < 4.78 is 0. The first-order valence-electron chi connectivity index (χ1n) is 7.15. The number of carbonyl (C=O) groups excluding carboxylic acids is 2. The molecule has 2 saturated carbocycles. The van der Waals surface area contributed by atoms with Crippen molar-refractivity contribution in [1.29, 1.82) is 0 Å². The molecule has 0 aliphatic heterocycles. The molecule has 6 nitrogen and oxygen atoms in total. The Bertz CT molecular complexity index is 461. The molecule has 0 heterocycles. The summed E-state index contributed by atoms with van der Waals surface area (Å²) in [6, 6.07) is -0.0206. The molecule has 2 aliphatic rings. The van der Waals surface area contributed by atoms with E-state index in [-0.39, 0.29) is 29.7 Å². The van der Waals surface area contributed by atoms with Crippen LogP contribution in [0.25, 0.3) is 0 Å². The lowest BCUT2D eigenvalue weighted by Gasteiger charge is -2.18. The van der Waals surface area contributed by atoms with Gasteiger partial charge < -0.3 is 21.3 Å². The molecular formula is C13H20N4O2S2. The lowest BCUT2D eigenvalue weighted by atomic mass is 10.3. The molecular weight excluding hydrogens is 308 g/mol. The van der Waals surface area contributed by atoms with Gasteiger partial charge >= 0.3 is 0 Å². The van der Waals surface area contributed by atoms with Gasteiger partial charge in [-0.2, -0.15) is 0 Å². The number of rotatable bonds is 5. The van der Waals surface area contributed by atoms with Crippen LogP contribution in [0.2, 0.25) is 0 Å². The number of amides is 2. The zero-order chi connectivity index (χ0) is 15.4. The number of hydrogen-bond acceptors (Lipinski definition) is 4.